The first-order chi connectivity index (χ1) is 13.4. The van der Waals surface area contributed by atoms with Crippen molar-refractivity contribution in [2.75, 3.05) is 14.2 Å². The first-order valence-corrected chi connectivity index (χ1v) is 9.64. The van der Waals surface area contributed by atoms with E-state index >= 15 is 0 Å². The van der Waals surface area contributed by atoms with Crippen LogP contribution in [0, 0.1) is 5.92 Å². The van der Waals surface area contributed by atoms with Crippen LogP contribution in [0.3, 0.4) is 0 Å². The molecule has 0 saturated carbocycles. The highest BCUT2D eigenvalue weighted by Gasteiger charge is 2.43. The Bertz CT molecular complexity index is 980. The van der Waals surface area contributed by atoms with Gasteiger partial charge in [0.1, 0.15) is 0 Å². The normalized spacial score (nSPS) is 12.0. The fourth-order valence-corrected chi connectivity index (χ4v) is 4.30. The average Bonchev–Trinajstić information content (AvgIpc) is 2.74. The molecule has 0 radical (unpaired) electrons. The van der Waals surface area contributed by atoms with Gasteiger partial charge in [-0.15, -0.1) is 0 Å². The van der Waals surface area contributed by atoms with Crippen molar-refractivity contribution in [2.24, 2.45) is 5.92 Å². The molecule has 0 heterocycles. The van der Waals surface area contributed by atoms with Gasteiger partial charge in [0, 0.05) is 0 Å². The van der Waals surface area contributed by atoms with Crippen LogP contribution in [-0.4, -0.2) is 40.4 Å². The summed E-state index contributed by atoms with van der Waals surface area (Å²) in [5, 5.41) is 9.74. The monoisotopic (exact) mass is 400 g/mol. The summed E-state index contributed by atoms with van der Waals surface area (Å²) in [5.41, 5.74) is 0.291. The van der Waals surface area contributed by atoms with E-state index in [-0.39, 0.29) is 4.90 Å². The highest BCUT2D eigenvalue weighted by Crippen LogP contribution is 2.37. The van der Waals surface area contributed by atoms with Gasteiger partial charge in [-0.1, -0.05) is 48.5 Å². The first kappa shape index (κ1) is 21.1. The number of methoxy groups -OCH3 is 2. The summed E-state index contributed by atoms with van der Waals surface area (Å²) in [6, 6.07) is 15.3. The molecule has 146 valence electrons. The molecule has 0 saturated heterocycles. The molecule has 0 spiro atoms. The largest absolute Gasteiger partial charge is 0.762 e. The van der Waals surface area contributed by atoms with Gasteiger partial charge in [-0.3, -0.25) is 15.5 Å². The Morgan fingerprint density at radius 3 is 1.79 bits per heavy atom. The van der Waals surface area contributed by atoms with Crippen LogP contribution in [0.25, 0.3) is 5.41 Å². The van der Waals surface area contributed by atoms with E-state index in [2.05, 4.69) is 0 Å². The summed E-state index contributed by atoms with van der Waals surface area (Å²) in [6.45, 7) is 0. The summed E-state index contributed by atoms with van der Waals surface area (Å²) < 4.78 is 35.7. The summed E-state index contributed by atoms with van der Waals surface area (Å²) in [7, 11) is -2.15. The highest BCUT2D eigenvalue weighted by molar-refractivity contribution is 7.95. The zero-order valence-corrected chi connectivity index (χ0v) is 16.0. The van der Waals surface area contributed by atoms with E-state index in [4.69, 9.17) is 9.47 Å². The number of benzene rings is 2. The Kier molecular flexibility index (Phi) is 6.87. The molecular weight excluding hydrogens is 382 g/mol. The molecule has 0 bridgehead atoms. The minimum Gasteiger partial charge on any atom is -0.762 e. The van der Waals surface area contributed by atoms with Crippen molar-refractivity contribution in [3.63, 3.8) is 0 Å². The number of allylic oxidation sites excluding steroid dienone is 1. The fourth-order valence-electron chi connectivity index (χ4n) is 2.80. The third-order valence-electron chi connectivity index (χ3n) is 4.14. The van der Waals surface area contributed by atoms with E-state index in [9.17, 15) is 23.4 Å². The van der Waals surface area contributed by atoms with Crippen molar-refractivity contribution >= 4 is 27.6 Å². The minimum atomic E-state index is -4.29. The minimum absolute atomic E-state index is 0.124. The molecule has 0 aromatic heterocycles. The second-order valence-corrected chi connectivity index (χ2v) is 7.62. The van der Waals surface area contributed by atoms with Crippen LogP contribution in [0.1, 0.15) is 11.5 Å². The number of carbonyl (C=O) groups excluding carboxylic acids is 2. The standard InChI is InChI=1S/C20H18NO6S/c1-26-19(22)18(20(23)27-2)17(14-9-5-3-6-10-14)16(13-21)28(24,25)15-11-7-4-8-12-15/h3-12,17-18H,1-2H3/q-1. The van der Waals surface area contributed by atoms with Gasteiger partial charge < -0.3 is 14.9 Å². The number of esters is 2. The number of ether oxygens (including phenoxy) is 2. The molecule has 0 aliphatic heterocycles. The van der Waals surface area contributed by atoms with E-state index in [1.165, 1.54) is 36.4 Å². The average molecular weight is 400 g/mol. The van der Waals surface area contributed by atoms with Crippen molar-refractivity contribution in [3.8, 4) is 0 Å². The SMILES string of the molecule is COC(=O)C(C(=O)OC)C(C(=C=[N-])S(=O)(=O)c1ccccc1)c1ccccc1. The lowest BCUT2D eigenvalue weighted by molar-refractivity contribution is -0.159. The summed E-state index contributed by atoms with van der Waals surface area (Å²) >= 11 is 0. The van der Waals surface area contributed by atoms with Crippen molar-refractivity contribution in [3.05, 3.63) is 76.5 Å². The molecule has 1 atom stereocenters. The van der Waals surface area contributed by atoms with E-state index < -0.39 is 38.5 Å². The molecule has 2 rings (SSSR count). The number of nitrogens with zero attached hydrogens (tertiary/aromatic N) is 1. The fraction of sp³-hybridized carbons (Fsp3) is 0.200. The Balaban J connectivity index is 2.75. The van der Waals surface area contributed by atoms with Crippen LogP contribution in [0.5, 0.6) is 0 Å². The van der Waals surface area contributed by atoms with Gasteiger partial charge in [0.2, 0.25) is 9.84 Å². The van der Waals surface area contributed by atoms with Crippen molar-refractivity contribution in [2.45, 2.75) is 10.8 Å². The van der Waals surface area contributed by atoms with E-state index in [1.54, 1.807) is 30.1 Å². The molecule has 0 aliphatic rings. The summed E-state index contributed by atoms with van der Waals surface area (Å²) in [4.78, 5) is 24.0. The Labute approximate surface area is 163 Å². The molecule has 8 heteroatoms. The van der Waals surface area contributed by atoms with E-state index in [0.717, 1.165) is 14.2 Å². The zero-order chi connectivity index (χ0) is 20.7. The van der Waals surface area contributed by atoms with Crippen LogP contribution in [0.4, 0.5) is 0 Å². The van der Waals surface area contributed by atoms with Gasteiger partial charge >= 0.3 is 11.9 Å². The smallest absolute Gasteiger partial charge is 0.321 e. The molecule has 2 aromatic rings. The molecule has 0 aliphatic carbocycles. The van der Waals surface area contributed by atoms with Gasteiger partial charge in [0.05, 0.1) is 29.9 Å². The highest BCUT2D eigenvalue weighted by atomic mass is 32.2. The van der Waals surface area contributed by atoms with Gasteiger partial charge in [-0.2, -0.15) is 0 Å². The maximum atomic E-state index is 13.1. The molecule has 0 amide bonds. The Morgan fingerprint density at radius 2 is 1.36 bits per heavy atom. The number of carbonyl (C=O) groups is 2. The van der Waals surface area contributed by atoms with Crippen LogP contribution < -0.4 is 0 Å². The van der Waals surface area contributed by atoms with Gasteiger partial charge in [0.15, 0.2) is 5.92 Å². The third-order valence-corrected chi connectivity index (χ3v) is 5.95. The topological polar surface area (TPSA) is 109 Å². The Morgan fingerprint density at radius 1 is 0.893 bits per heavy atom. The molecule has 0 fully saturated rings. The van der Waals surface area contributed by atoms with Crippen LogP contribution in [0.15, 0.2) is 70.5 Å². The lowest BCUT2D eigenvalue weighted by Crippen LogP contribution is -2.35. The van der Waals surface area contributed by atoms with Crippen molar-refractivity contribution < 1.29 is 27.5 Å². The Hall–Kier alpha value is -3.22. The number of hydrogen-bond acceptors (Lipinski definition) is 6. The molecule has 1 unspecified atom stereocenters. The van der Waals surface area contributed by atoms with Crippen LogP contribution >= 0.6 is 0 Å². The van der Waals surface area contributed by atoms with E-state index in [1.807, 2.05) is 0 Å². The number of hydrogen-bond donors (Lipinski definition) is 0. The van der Waals surface area contributed by atoms with Gasteiger partial charge in [-0.05, 0) is 17.7 Å². The lowest BCUT2D eigenvalue weighted by Gasteiger charge is -2.26. The van der Waals surface area contributed by atoms with E-state index in [0.29, 0.717) is 5.56 Å². The maximum Gasteiger partial charge on any atom is 0.321 e. The lowest BCUT2D eigenvalue weighted by atomic mass is 9.85. The molecule has 0 N–H and O–H groups in total. The number of sulfone groups is 1. The van der Waals surface area contributed by atoms with Gasteiger partial charge in [0.25, 0.3) is 0 Å². The van der Waals surface area contributed by atoms with Crippen molar-refractivity contribution in [1.82, 2.24) is 0 Å². The summed E-state index contributed by atoms with van der Waals surface area (Å²) in [5.74, 6) is -3.38. The van der Waals surface area contributed by atoms with Gasteiger partial charge in [-0.25, -0.2) is 8.42 Å². The first-order valence-electron chi connectivity index (χ1n) is 8.16. The molecule has 7 nitrogen and oxygen atoms in total. The van der Waals surface area contributed by atoms with Crippen LogP contribution in [-0.2, 0) is 28.9 Å². The molecule has 28 heavy (non-hydrogen) atoms. The van der Waals surface area contributed by atoms with Crippen LogP contribution in [0.2, 0.25) is 0 Å². The number of rotatable bonds is 7. The van der Waals surface area contributed by atoms with Crippen molar-refractivity contribution in [1.29, 1.82) is 0 Å². The second kappa shape index (κ2) is 9.12. The third kappa shape index (κ3) is 4.19. The maximum absolute atomic E-state index is 13.1. The predicted octanol–water partition coefficient (Wildman–Crippen LogP) is 2.33. The summed E-state index contributed by atoms with van der Waals surface area (Å²) in [6.07, 6.45) is 0. The quantitative estimate of drug-likeness (QED) is 0.401. The second-order valence-electron chi connectivity index (χ2n) is 5.70. The molecular formula is C20H18NO6S-. The zero-order valence-electron chi connectivity index (χ0n) is 15.2. The predicted molar refractivity (Wildman–Crippen MR) is 102 cm³/mol. The molecule has 2 aromatic carbocycles.